The standard InChI is InChI=1S/C17H27N5O/c1-3-4-8-14-12-13-7-5-6-9-15(13)16(21-14)23-11-10-22(2)17(18,19)20/h5-7,9,12H,3-4,8,10-11,18-20H2,1-2H3. The van der Waals surface area contributed by atoms with Gasteiger partial charge in [-0.1, -0.05) is 31.5 Å². The molecule has 0 aliphatic heterocycles. The Morgan fingerprint density at radius 1 is 1.22 bits per heavy atom. The average molecular weight is 317 g/mol. The Morgan fingerprint density at radius 3 is 2.65 bits per heavy atom. The lowest BCUT2D eigenvalue weighted by Crippen LogP contribution is -2.69. The molecule has 6 nitrogen and oxygen atoms in total. The number of hydrogen-bond donors (Lipinski definition) is 3. The van der Waals surface area contributed by atoms with Crippen molar-refractivity contribution in [3.8, 4) is 5.88 Å². The van der Waals surface area contributed by atoms with Crippen molar-refractivity contribution >= 4 is 10.8 Å². The van der Waals surface area contributed by atoms with Crippen LogP contribution in [0, 0.1) is 0 Å². The Kier molecular flexibility index (Phi) is 5.90. The maximum atomic E-state index is 5.89. The van der Waals surface area contributed by atoms with Gasteiger partial charge in [0.1, 0.15) is 6.61 Å². The summed E-state index contributed by atoms with van der Waals surface area (Å²) >= 11 is 0. The fourth-order valence-electron chi connectivity index (χ4n) is 2.29. The van der Waals surface area contributed by atoms with Crippen LogP contribution < -0.4 is 21.9 Å². The molecule has 0 saturated heterocycles. The van der Waals surface area contributed by atoms with Gasteiger partial charge < -0.3 is 4.74 Å². The molecule has 0 fully saturated rings. The van der Waals surface area contributed by atoms with Crippen molar-refractivity contribution in [2.45, 2.75) is 32.1 Å². The average Bonchev–Trinajstić information content (AvgIpc) is 2.51. The number of aryl methyl sites for hydroxylation is 1. The number of pyridine rings is 1. The predicted octanol–water partition coefficient (Wildman–Crippen LogP) is 1.38. The van der Waals surface area contributed by atoms with Gasteiger partial charge in [-0.05, 0) is 37.4 Å². The van der Waals surface area contributed by atoms with Gasteiger partial charge in [-0.15, -0.1) is 0 Å². The summed E-state index contributed by atoms with van der Waals surface area (Å²) < 4.78 is 5.89. The Balaban J connectivity index is 2.14. The molecule has 0 spiro atoms. The van der Waals surface area contributed by atoms with Crippen molar-refractivity contribution in [3.05, 3.63) is 36.0 Å². The third-order valence-corrected chi connectivity index (χ3v) is 3.87. The number of likely N-dealkylation sites (N-methyl/N-ethyl adjacent to an activating group) is 1. The molecule has 0 unspecified atom stereocenters. The van der Waals surface area contributed by atoms with Crippen LogP contribution in [0.5, 0.6) is 5.88 Å². The zero-order chi connectivity index (χ0) is 16.9. The molecule has 0 aliphatic rings. The van der Waals surface area contributed by atoms with Gasteiger partial charge in [0.15, 0.2) is 5.91 Å². The molecule has 0 saturated carbocycles. The molecule has 6 heteroatoms. The molecule has 1 aromatic heterocycles. The summed E-state index contributed by atoms with van der Waals surface area (Å²) in [4.78, 5) is 6.30. The molecule has 1 heterocycles. The maximum Gasteiger partial charge on any atom is 0.221 e. The number of aromatic nitrogens is 1. The summed E-state index contributed by atoms with van der Waals surface area (Å²) in [6, 6.07) is 10.2. The Labute approximate surface area is 137 Å². The third-order valence-electron chi connectivity index (χ3n) is 3.87. The Bertz CT molecular complexity index is 638. The number of nitrogens with two attached hydrogens (primary N) is 3. The fraction of sp³-hybridized carbons (Fsp3) is 0.471. The molecule has 2 aromatic rings. The largest absolute Gasteiger partial charge is 0.476 e. The molecule has 126 valence electrons. The summed E-state index contributed by atoms with van der Waals surface area (Å²) in [6.45, 7) is 3.10. The van der Waals surface area contributed by atoms with E-state index in [4.69, 9.17) is 21.9 Å². The van der Waals surface area contributed by atoms with Gasteiger partial charge in [0.05, 0.1) is 0 Å². The molecule has 2 rings (SSSR count). The molecular formula is C17H27N5O. The second-order valence-corrected chi connectivity index (χ2v) is 5.90. The monoisotopic (exact) mass is 317 g/mol. The topological polar surface area (TPSA) is 103 Å². The minimum atomic E-state index is -1.35. The van der Waals surface area contributed by atoms with E-state index in [1.54, 1.807) is 11.9 Å². The van der Waals surface area contributed by atoms with Crippen LogP contribution in [0.3, 0.4) is 0 Å². The van der Waals surface area contributed by atoms with Gasteiger partial charge in [-0.3, -0.25) is 22.1 Å². The molecule has 0 radical (unpaired) electrons. The van der Waals surface area contributed by atoms with Crippen LogP contribution in [-0.4, -0.2) is 36.0 Å². The van der Waals surface area contributed by atoms with Gasteiger partial charge in [0, 0.05) is 17.6 Å². The van der Waals surface area contributed by atoms with Gasteiger partial charge >= 0.3 is 0 Å². The summed E-state index contributed by atoms with van der Waals surface area (Å²) in [5.74, 6) is -0.693. The fourth-order valence-corrected chi connectivity index (χ4v) is 2.29. The quantitative estimate of drug-likeness (QED) is 0.635. The number of unbranched alkanes of at least 4 members (excludes halogenated alkanes) is 1. The maximum absolute atomic E-state index is 5.89. The molecule has 0 aliphatic carbocycles. The molecule has 0 atom stereocenters. The minimum absolute atomic E-state index is 0.415. The minimum Gasteiger partial charge on any atom is -0.476 e. The van der Waals surface area contributed by atoms with Crippen molar-refractivity contribution < 1.29 is 4.74 Å². The van der Waals surface area contributed by atoms with E-state index in [1.807, 2.05) is 18.2 Å². The van der Waals surface area contributed by atoms with Crippen molar-refractivity contribution in [2.75, 3.05) is 20.2 Å². The van der Waals surface area contributed by atoms with E-state index >= 15 is 0 Å². The number of rotatable bonds is 8. The first-order valence-corrected chi connectivity index (χ1v) is 8.01. The van der Waals surface area contributed by atoms with Crippen molar-refractivity contribution in [2.24, 2.45) is 17.2 Å². The van der Waals surface area contributed by atoms with Crippen molar-refractivity contribution in [3.63, 3.8) is 0 Å². The Hall–Kier alpha value is -1.73. The number of hydrogen-bond acceptors (Lipinski definition) is 6. The van der Waals surface area contributed by atoms with Crippen LogP contribution >= 0.6 is 0 Å². The normalized spacial score (nSPS) is 12.1. The van der Waals surface area contributed by atoms with Crippen LogP contribution in [0.1, 0.15) is 25.5 Å². The summed E-state index contributed by atoms with van der Waals surface area (Å²) in [7, 11) is 1.76. The number of nitrogens with zero attached hydrogens (tertiary/aromatic N) is 2. The molecule has 0 amide bonds. The summed E-state index contributed by atoms with van der Waals surface area (Å²) in [5, 5.41) is 2.15. The lowest BCUT2D eigenvalue weighted by atomic mass is 10.1. The highest BCUT2D eigenvalue weighted by Crippen LogP contribution is 2.25. The van der Waals surface area contributed by atoms with E-state index in [2.05, 4.69) is 24.0 Å². The second kappa shape index (κ2) is 7.70. The van der Waals surface area contributed by atoms with E-state index in [-0.39, 0.29) is 0 Å². The lowest BCUT2D eigenvalue weighted by molar-refractivity contribution is 0.113. The third kappa shape index (κ3) is 4.87. The van der Waals surface area contributed by atoms with E-state index in [0.29, 0.717) is 19.0 Å². The number of ether oxygens (including phenoxy) is 1. The SMILES string of the molecule is CCCCc1cc2ccccc2c(OCCN(C)C(N)(N)N)n1. The molecular weight excluding hydrogens is 290 g/mol. The van der Waals surface area contributed by atoms with Gasteiger partial charge in [0.25, 0.3) is 0 Å². The highest BCUT2D eigenvalue weighted by molar-refractivity contribution is 5.87. The number of fused-ring (bicyclic) bond motifs is 1. The smallest absolute Gasteiger partial charge is 0.221 e. The highest BCUT2D eigenvalue weighted by atomic mass is 16.5. The Morgan fingerprint density at radius 2 is 1.96 bits per heavy atom. The zero-order valence-corrected chi connectivity index (χ0v) is 14.0. The van der Waals surface area contributed by atoms with E-state index in [0.717, 1.165) is 35.7 Å². The predicted molar refractivity (Wildman–Crippen MR) is 93.8 cm³/mol. The highest BCUT2D eigenvalue weighted by Gasteiger charge is 2.18. The van der Waals surface area contributed by atoms with Gasteiger partial charge in [-0.25, -0.2) is 4.98 Å². The number of benzene rings is 1. The first-order chi connectivity index (χ1) is 10.9. The van der Waals surface area contributed by atoms with Gasteiger partial charge in [-0.2, -0.15) is 0 Å². The molecule has 6 N–H and O–H groups in total. The zero-order valence-electron chi connectivity index (χ0n) is 14.0. The lowest BCUT2D eigenvalue weighted by Gasteiger charge is -2.30. The van der Waals surface area contributed by atoms with Crippen LogP contribution in [0.15, 0.2) is 30.3 Å². The summed E-state index contributed by atoms with van der Waals surface area (Å²) in [6.07, 6.45) is 3.21. The van der Waals surface area contributed by atoms with E-state index < -0.39 is 5.91 Å². The van der Waals surface area contributed by atoms with E-state index in [9.17, 15) is 0 Å². The van der Waals surface area contributed by atoms with Crippen molar-refractivity contribution in [1.82, 2.24) is 9.88 Å². The van der Waals surface area contributed by atoms with Gasteiger partial charge in [0.2, 0.25) is 5.88 Å². The van der Waals surface area contributed by atoms with Crippen molar-refractivity contribution in [1.29, 1.82) is 0 Å². The second-order valence-electron chi connectivity index (χ2n) is 5.90. The first kappa shape index (κ1) is 17.6. The van der Waals surface area contributed by atoms with Crippen LogP contribution in [0.4, 0.5) is 0 Å². The first-order valence-electron chi connectivity index (χ1n) is 8.01. The molecule has 0 bridgehead atoms. The summed E-state index contributed by atoms with van der Waals surface area (Å²) in [5.41, 5.74) is 18.0. The van der Waals surface area contributed by atoms with Crippen LogP contribution in [-0.2, 0) is 6.42 Å². The molecule has 1 aromatic carbocycles. The van der Waals surface area contributed by atoms with Crippen LogP contribution in [0.25, 0.3) is 10.8 Å². The van der Waals surface area contributed by atoms with E-state index in [1.165, 1.54) is 0 Å². The van der Waals surface area contributed by atoms with Crippen LogP contribution in [0.2, 0.25) is 0 Å². The molecule has 23 heavy (non-hydrogen) atoms.